The summed E-state index contributed by atoms with van der Waals surface area (Å²) in [5.74, 6) is 0.216. The Balaban J connectivity index is 2.05. The molecule has 0 amide bonds. The monoisotopic (exact) mass is 352 g/mol. The molecule has 4 bridgehead atoms. The van der Waals surface area contributed by atoms with Crippen molar-refractivity contribution in [2.75, 3.05) is 0 Å². The van der Waals surface area contributed by atoms with E-state index in [-0.39, 0.29) is 16.8 Å². The van der Waals surface area contributed by atoms with Gasteiger partial charge in [-0.1, -0.05) is 0 Å². The van der Waals surface area contributed by atoms with Crippen molar-refractivity contribution in [1.29, 1.82) is 0 Å². The topological polar surface area (TPSA) is 66.8 Å². The quantitative estimate of drug-likeness (QED) is 0.758. The molecule has 0 radical (unpaired) electrons. The van der Waals surface area contributed by atoms with Gasteiger partial charge in [0.15, 0.2) is 0 Å². The molecule has 4 nitrogen and oxygen atoms in total. The summed E-state index contributed by atoms with van der Waals surface area (Å²) in [6.45, 7) is 13.2. The van der Waals surface area contributed by atoms with E-state index in [2.05, 4.69) is 0 Å². The molecule has 4 fully saturated rings. The molecule has 4 rings (SSSR count). The van der Waals surface area contributed by atoms with E-state index in [1.807, 2.05) is 48.5 Å². The lowest BCUT2D eigenvalue weighted by atomic mass is 9.37. The highest BCUT2D eigenvalue weighted by molar-refractivity contribution is 5.76. The van der Waals surface area contributed by atoms with Crippen LogP contribution < -0.4 is 0 Å². The minimum Gasteiger partial charge on any atom is -0.459 e. The zero-order valence-corrected chi connectivity index (χ0v) is 17.0. The van der Waals surface area contributed by atoms with Gasteiger partial charge in [0.1, 0.15) is 5.60 Å². The van der Waals surface area contributed by atoms with Crippen LogP contribution >= 0.6 is 0 Å². The van der Waals surface area contributed by atoms with E-state index >= 15 is 0 Å². The third kappa shape index (κ3) is 2.84. The Kier molecular flexibility index (Phi) is 3.84. The molecule has 4 saturated carbocycles. The highest BCUT2D eigenvalue weighted by Gasteiger charge is 2.71. The van der Waals surface area contributed by atoms with E-state index in [9.17, 15) is 15.0 Å². The molecule has 2 unspecified atom stereocenters. The van der Waals surface area contributed by atoms with Crippen molar-refractivity contribution < 1.29 is 19.7 Å². The number of esters is 1. The summed E-state index contributed by atoms with van der Waals surface area (Å²) >= 11 is 0. The summed E-state index contributed by atoms with van der Waals surface area (Å²) in [6, 6.07) is 0. The van der Waals surface area contributed by atoms with Crippen LogP contribution in [0.3, 0.4) is 0 Å². The van der Waals surface area contributed by atoms with Crippen molar-refractivity contribution >= 4 is 5.97 Å². The van der Waals surface area contributed by atoms with Crippen molar-refractivity contribution in [3.8, 4) is 0 Å². The molecule has 0 aliphatic heterocycles. The first-order valence-corrected chi connectivity index (χ1v) is 9.72. The van der Waals surface area contributed by atoms with Crippen molar-refractivity contribution in [1.82, 2.24) is 0 Å². The lowest BCUT2D eigenvalue weighted by molar-refractivity contribution is -0.287. The number of rotatable bonds is 3. The van der Waals surface area contributed by atoms with E-state index in [1.54, 1.807) is 0 Å². The molecule has 25 heavy (non-hydrogen) atoms. The minimum absolute atomic E-state index is 0.175. The molecule has 0 aromatic rings. The fraction of sp³-hybridized carbons (Fsp3) is 0.952. The summed E-state index contributed by atoms with van der Waals surface area (Å²) < 4.78 is 6.19. The van der Waals surface area contributed by atoms with Crippen LogP contribution in [0.2, 0.25) is 0 Å². The molecule has 4 aliphatic rings. The molecule has 0 heterocycles. The molecule has 0 aromatic heterocycles. The summed E-state index contributed by atoms with van der Waals surface area (Å²) in [4.78, 5) is 12.7. The van der Waals surface area contributed by atoms with Crippen LogP contribution in [0.4, 0.5) is 0 Å². The first-order chi connectivity index (χ1) is 11.0. The third-order valence-corrected chi connectivity index (χ3v) is 7.53. The van der Waals surface area contributed by atoms with Crippen LogP contribution in [0, 0.1) is 22.2 Å². The molecule has 0 spiro atoms. The van der Waals surface area contributed by atoms with E-state index in [0.717, 1.165) is 25.7 Å². The maximum atomic E-state index is 12.7. The largest absolute Gasteiger partial charge is 0.459 e. The molecule has 2 atom stereocenters. The van der Waals surface area contributed by atoms with Gasteiger partial charge in [-0.3, -0.25) is 4.79 Å². The number of carbonyl (C=O) groups is 1. The number of ether oxygens (including phenoxy) is 1. The molecular weight excluding hydrogens is 316 g/mol. The predicted molar refractivity (Wildman–Crippen MR) is 96.9 cm³/mol. The Morgan fingerprint density at radius 3 is 1.64 bits per heavy atom. The highest BCUT2D eigenvalue weighted by Crippen LogP contribution is 2.72. The van der Waals surface area contributed by atoms with Gasteiger partial charge >= 0.3 is 5.97 Å². The molecular formula is C21H36O4. The van der Waals surface area contributed by atoms with Crippen LogP contribution in [0.25, 0.3) is 0 Å². The minimum atomic E-state index is -0.859. The summed E-state index contributed by atoms with van der Waals surface area (Å²) in [7, 11) is 0. The summed E-state index contributed by atoms with van der Waals surface area (Å²) in [5, 5.41) is 22.1. The van der Waals surface area contributed by atoms with Crippen molar-refractivity contribution in [2.45, 2.75) is 104 Å². The van der Waals surface area contributed by atoms with E-state index in [4.69, 9.17) is 4.74 Å². The standard InChI is InChI=1S/C21H36O4/c1-16(2,3)15(22)25-21-10-14-8-19(12-21,17(4,5)23)11-20(9-14,13-21)18(6,7)24/h14,23-24H,8-13H2,1-7H3. The van der Waals surface area contributed by atoms with Crippen LogP contribution in [-0.2, 0) is 9.53 Å². The Morgan fingerprint density at radius 2 is 1.28 bits per heavy atom. The molecule has 4 aliphatic carbocycles. The first kappa shape index (κ1) is 19.2. The number of aliphatic hydroxyl groups is 2. The predicted octanol–water partition coefficient (Wildman–Crippen LogP) is 3.83. The highest BCUT2D eigenvalue weighted by atomic mass is 16.6. The second-order valence-corrected chi connectivity index (χ2v) is 11.5. The smallest absolute Gasteiger partial charge is 0.311 e. The average molecular weight is 353 g/mol. The van der Waals surface area contributed by atoms with Crippen molar-refractivity contribution in [3.05, 3.63) is 0 Å². The van der Waals surface area contributed by atoms with Gasteiger partial charge in [0.05, 0.1) is 16.6 Å². The van der Waals surface area contributed by atoms with E-state index < -0.39 is 22.2 Å². The lowest BCUT2D eigenvalue weighted by Gasteiger charge is -2.70. The Morgan fingerprint density at radius 1 is 0.840 bits per heavy atom. The first-order valence-electron chi connectivity index (χ1n) is 9.72. The fourth-order valence-corrected chi connectivity index (χ4v) is 6.18. The van der Waals surface area contributed by atoms with Crippen LogP contribution in [0.1, 0.15) is 87.0 Å². The van der Waals surface area contributed by atoms with Gasteiger partial charge in [-0.2, -0.15) is 0 Å². The van der Waals surface area contributed by atoms with Gasteiger partial charge in [-0.15, -0.1) is 0 Å². The van der Waals surface area contributed by atoms with Crippen LogP contribution in [0.15, 0.2) is 0 Å². The molecule has 0 aromatic carbocycles. The SMILES string of the molecule is CC(C)(C)C(=O)OC12CC3CC(C(C)(C)O)(C1)CC(C(C)(C)O)(C3)C2. The van der Waals surface area contributed by atoms with E-state index in [0.29, 0.717) is 18.8 Å². The maximum Gasteiger partial charge on any atom is 0.311 e. The van der Waals surface area contributed by atoms with Gasteiger partial charge in [0.2, 0.25) is 0 Å². The van der Waals surface area contributed by atoms with Crippen molar-refractivity contribution in [3.63, 3.8) is 0 Å². The Bertz CT molecular complexity index is 542. The molecule has 144 valence electrons. The normalized spacial score (nSPS) is 41.1. The second kappa shape index (κ2) is 5.01. The molecule has 0 saturated heterocycles. The van der Waals surface area contributed by atoms with Crippen LogP contribution in [0.5, 0.6) is 0 Å². The number of hydrogen-bond acceptors (Lipinski definition) is 4. The van der Waals surface area contributed by atoms with Gasteiger partial charge in [0.25, 0.3) is 0 Å². The zero-order valence-electron chi connectivity index (χ0n) is 17.0. The Hall–Kier alpha value is -0.610. The third-order valence-electron chi connectivity index (χ3n) is 7.53. The maximum absolute atomic E-state index is 12.7. The van der Waals surface area contributed by atoms with Gasteiger partial charge < -0.3 is 14.9 Å². The summed E-state index contributed by atoms with van der Waals surface area (Å²) in [6.07, 6.45) is 5.01. The second-order valence-electron chi connectivity index (χ2n) is 11.5. The zero-order chi connectivity index (χ0) is 19.1. The van der Waals surface area contributed by atoms with Gasteiger partial charge in [-0.25, -0.2) is 0 Å². The van der Waals surface area contributed by atoms with Crippen LogP contribution in [-0.4, -0.2) is 33.0 Å². The lowest BCUT2D eigenvalue weighted by Crippen LogP contribution is -2.70. The number of carbonyl (C=O) groups excluding carboxylic acids is 1. The average Bonchev–Trinajstić information content (AvgIpc) is 2.32. The molecule has 2 N–H and O–H groups in total. The Labute approximate surface area is 152 Å². The summed E-state index contributed by atoms with van der Waals surface area (Å²) in [5.41, 5.74) is -3.42. The molecule has 4 heteroatoms. The van der Waals surface area contributed by atoms with Gasteiger partial charge in [0, 0.05) is 10.8 Å². The van der Waals surface area contributed by atoms with Crippen molar-refractivity contribution in [2.24, 2.45) is 22.2 Å². The van der Waals surface area contributed by atoms with E-state index in [1.165, 1.54) is 0 Å². The number of hydrogen-bond donors (Lipinski definition) is 2. The van der Waals surface area contributed by atoms with Gasteiger partial charge in [-0.05, 0) is 92.9 Å². The fourth-order valence-electron chi connectivity index (χ4n) is 6.18.